The van der Waals surface area contributed by atoms with Crippen molar-refractivity contribution in [3.05, 3.63) is 53.9 Å². The van der Waals surface area contributed by atoms with Crippen LogP contribution in [-0.4, -0.2) is 59.7 Å². The first kappa shape index (κ1) is 19.4. The smallest absolute Gasteiger partial charge is 0.257 e. The number of hydrogen-bond acceptors (Lipinski definition) is 6. The summed E-state index contributed by atoms with van der Waals surface area (Å²) in [5, 5.41) is 7.91. The van der Waals surface area contributed by atoms with Gasteiger partial charge in [-0.05, 0) is 31.5 Å². The molecule has 7 heteroatoms. The number of aryl methyl sites for hydroxylation is 1. The lowest BCUT2D eigenvalue weighted by atomic mass is 10.1. The van der Waals surface area contributed by atoms with Gasteiger partial charge < -0.3 is 14.7 Å². The first-order valence-electron chi connectivity index (χ1n) is 10.2. The van der Waals surface area contributed by atoms with Gasteiger partial charge in [0.2, 0.25) is 0 Å². The molecule has 1 saturated heterocycles. The molecule has 1 aliphatic heterocycles. The second-order valence-electron chi connectivity index (χ2n) is 7.56. The lowest BCUT2D eigenvalue weighted by Crippen LogP contribution is -2.50. The standard InChI is InChI=1S/C22H27N5O2/c1-3-20-19-13-17(14-23-22(19)29-25-20)21(28)24-16(2)15-26-9-11-27(12-10-26)18-7-5-4-6-8-18/h4-8,13-14,16H,3,9-12,15H2,1-2H3,(H,24,28)/t16-/m0/s1. The Morgan fingerprint density at radius 3 is 2.69 bits per heavy atom. The number of para-hydroxylation sites is 1. The molecule has 1 N–H and O–H groups in total. The Bertz CT molecular complexity index is 964. The molecule has 4 rings (SSSR count). The lowest BCUT2D eigenvalue weighted by Gasteiger charge is -2.37. The minimum atomic E-state index is -0.113. The van der Waals surface area contributed by atoms with Crippen LogP contribution in [0.5, 0.6) is 0 Å². The predicted octanol–water partition coefficient (Wildman–Crippen LogP) is 2.73. The van der Waals surface area contributed by atoms with E-state index >= 15 is 0 Å². The van der Waals surface area contributed by atoms with E-state index in [1.807, 2.05) is 26.0 Å². The summed E-state index contributed by atoms with van der Waals surface area (Å²) in [6.45, 7) is 8.86. The highest BCUT2D eigenvalue weighted by Crippen LogP contribution is 2.18. The summed E-state index contributed by atoms with van der Waals surface area (Å²) in [6, 6.07) is 12.4. The van der Waals surface area contributed by atoms with Crippen LogP contribution in [0.3, 0.4) is 0 Å². The van der Waals surface area contributed by atoms with Crippen molar-refractivity contribution in [2.24, 2.45) is 0 Å². The van der Waals surface area contributed by atoms with Gasteiger partial charge in [0, 0.05) is 50.6 Å². The lowest BCUT2D eigenvalue weighted by molar-refractivity contribution is 0.0928. The van der Waals surface area contributed by atoms with Crippen molar-refractivity contribution in [1.82, 2.24) is 20.4 Å². The Kier molecular flexibility index (Phi) is 5.76. The minimum absolute atomic E-state index is 0.0505. The van der Waals surface area contributed by atoms with Crippen molar-refractivity contribution in [3.8, 4) is 0 Å². The average molecular weight is 393 g/mol. The Balaban J connectivity index is 1.31. The average Bonchev–Trinajstić information content (AvgIpc) is 3.17. The number of carbonyl (C=O) groups is 1. The molecular weight excluding hydrogens is 366 g/mol. The number of aromatic nitrogens is 2. The summed E-state index contributed by atoms with van der Waals surface area (Å²) in [6.07, 6.45) is 2.29. The molecule has 0 unspecified atom stereocenters. The van der Waals surface area contributed by atoms with Crippen LogP contribution >= 0.6 is 0 Å². The molecule has 1 fully saturated rings. The number of fused-ring (bicyclic) bond motifs is 1. The van der Waals surface area contributed by atoms with E-state index in [1.54, 1.807) is 6.20 Å². The van der Waals surface area contributed by atoms with Gasteiger partial charge in [-0.1, -0.05) is 30.3 Å². The number of piperazine rings is 1. The van der Waals surface area contributed by atoms with Crippen molar-refractivity contribution < 1.29 is 9.32 Å². The van der Waals surface area contributed by atoms with E-state index in [0.717, 1.165) is 50.2 Å². The zero-order valence-corrected chi connectivity index (χ0v) is 17.0. The largest absolute Gasteiger partial charge is 0.369 e. The van der Waals surface area contributed by atoms with Crippen molar-refractivity contribution in [1.29, 1.82) is 0 Å². The van der Waals surface area contributed by atoms with Crippen LogP contribution in [0.25, 0.3) is 11.1 Å². The van der Waals surface area contributed by atoms with Crippen LogP contribution in [0, 0.1) is 0 Å². The SMILES string of the molecule is CCc1noc2ncc(C(=O)N[C@@H](C)CN3CCN(c4ccccc4)CC3)cc12. The van der Waals surface area contributed by atoms with Crippen LogP contribution in [0.4, 0.5) is 5.69 Å². The van der Waals surface area contributed by atoms with Crippen LogP contribution in [0.1, 0.15) is 29.9 Å². The normalized spacial score (nSPS) is 16.1. The highest BCUT2D eigenvalue weighted by Gasteiger charge is 2.20. The Labute approximate surface area is 170 Å². The zero-order valence-electron chi connectivity index (χ0n) is 17.0. The molecule has 0 bridgehead atoms. The highest BCUT2D eigenvalue weighted by atomic mass is 16.5. The van der Waals surface area contributed by atoms with E-state index < -0.39 is 0 Å². The fourth-order valence-corrected chi connectivity index (χ4v) is 3.83. The predicted molar refractivity (Wildman–Crippen MR) is 113 cm³/mol. The number of anilines is 1. The highest BCUT2D eigenvalue weighted by molar-refractivity contribution is 5.97. The topological polar surface area (TPSA) is 74.5 Å². The number of hydrogen-bond donors (Lipinski definition) is 1. The molecule has 3 aromatic rings. The van der Waals surface area contributed by atoms with Crippen LogP contribution in [0.2, 0.25) is 0 Å². The van der Waals surface area contributed by atoms with Crippen molar-refractivity contribution in [3.63, 3.8) is 0 Å². The van der Waals surface area contributed by atoms with E-state index in [9.17, 15) is 4.79 Å². The maximum atomic E-state index is 12.7. The second kappa shape index (κ2) is 8.61. The Morgan fingerprint density at radius 2 is 1.97 bits per heavy atom. The number of nitrogens with zero attached hydrogens (tertiary/aromatic N) is 4. The van der Waals surface area contributed by atoms with Gasteiger partial charge in [-0.2, -0.15) is 0 Å². The molecule has 0 spiro atoms. The third-order valence-corrected chi connectivity index (χ3v) is 5.40. The number of benzene rings is 1. The van der Waals surface area contributed by atoms with E-state index in [4.69, 9.17) is 4.52 Å². The first-order valence-corrected chi connectivity index (χ1v) is 10.2. The van der Waals surface area contributed by atoms with Crippen LogP contribution in [0.15, 0.2) is 47.1 Å². The number of amides is 1. The molecule has 3 heterocycles. The molecule has 152 valence electrons. The minimum Gasteiger partial charge on any atom is -0.369 e. The molecule has 1 aliphatic rings. The zero-order chi connectivity index (χ0) is 20.2. The molecule has 2 aromatic heterocycles. The maximum absolute atomic E-state index is 12.7. The quantitative estimate of drug-likeness (QED) is 0.694. The van der Waals surface area contributed by atoms with E-state index in [-0.39, 0.29) is 11.9 Å². The second-order valence-corrected chi connectivity index (χ2v) is 7.56. The maximum Gasteiger partial charge on any atom is 0.257 e. The molecule has 0 saturated carbocycles. The fraction of sp³-hybridized carbons (Fsp3) is 0.409. The Morgan fingerprint density at radius 1 is 1.21 bits per heavy atom. The molecular formula is C22H27N5O2. The van der Waals surface area contributed by atoms with Gasteiger partial charge in [0.1, 0.15) is 0 Å². The third kappa shape index (κ3) is 4.40. The van der Waals surface area contributed by atoms with Gasteiger partial charge in [0.25, 0.3) is 11.6 Å². The molecule has 1 aromatic carbocycles. The molecule has 29 heavy (non-hydrogen) atoms. The van der Waals surface area contributed by atoms with E-state index in [1.165, 1.54) is 5.69 Å². The summed E-state index contributed by atoms with van der Waals surface area (Å²) in [4.78, 5) is 21.7. The van der Waals surface area contributed by atoms with Crippen LogP contribution < -0.4 is 10.2 Å². The third-order valence-electron chi connectivity index (χ3n) is 5.40. The monoisotopic (exact) mass is 393 g/mol. The molecule has 0 aliphatic carbocycles. The molecule has 0 radical (unpaired) electrons. The van der Waals surface area contributed by atoms with E-state index in [0.29, 0.717) is 11.3 Å². The number of pyridine rings is 1. The molecule has 1 amide bonds. The van der Waals surface area contributed by atoms with Gasteiger partial charge in [0.05, 0.1) is 16.6 Å². The van der Waals surface area contributed by atoms with Gasteiger partial charge >= 0.3 is 0 Å². The van der Waals surface area contributed by atoms with Gasteiger partial charge in [-0.25, -0.2) is 4.98 Å². The number of rotatable bonds is 6. The first-order chi connectivity index (χ1) is 14.1. The number of carbonyl (C=O) groups excluding carboxylic acids is 1. The number of nitrogens with one attached hydrogen (secondary N) is 1. The van der Waals surface area contributed by atoms with Crippen molar-refractivity contribution in [2.75, 3.05) is 37.6 Å². The van der Waals surface area contributed by atoms with E-state index in [2.05, 4.69) is 49.5 Å². The van der Waals surface area contributed by atoms with Crippen molar-refractivity contribution >= 4 is 22.7 Å². The Hall–Kier alpha value is -2.93. The fourth-order valence-electron chi connectivity index (χ4n) is 3.83. The summed E-state index contributed by atoms with van der Waals surface area (Å²) < 4.78 is 5.19. The van der Waals surface area contributed by atoms with Crippen LogP contribution in [-0.2, 0) is 6.42 Å². The van der Waals surface area contributed by atoms with Gasteiger partial charge in [0.15, 0.2) is 0 Å². The summed E-state index contributed by atoms with van der Waals surface area (Å²) in [5.41, 5.74) is 3.11. The summed E-state index contributed by atoms with van der Waals surface area (Å²) >= 11 is 0. The summed E-state index contributed by atoms with van der Waals surface area (Å²) in [7, 11) is 0. The van der Waals surface area contributed by atoms with Gasteiger partial charge in [-0.3, -0.25) is 9.69 Å². The summed E-state index contributed by atoms with van der Waals surface area (Å²) in [5.74, 6) is -0.113. The van der Waals surface area contributed by atoms with Crippen molar-refractivity contribution in [2.45, 2.75) is 26.3 Å². The van der Waals surface area contributed by atoms with Gasteiger partial charge in [-0.15, -0.1) is 0 Å². The molecule has 1 atom stereocenters. The molecule has 7 nitrogen and oxygen atoms in total.